The third-order valence-electron chi connectivity index (χ3n) is 3.45. The molecule has 0 aromatic heterocycles. The van der Waals surface area contributed by atoms with Crippen LogP contribution >= 0.6 is 11.6 Å². The van der Waals surface area contributed by atoms with Crippen LogP contribution in [0.3, 0.4) is 0 Å². The largest absolute Gasteiger partial charge is 0.506 e. The fraction of sp³-hybridized carbons (Fsp3) is 0.211. The van der Waals surface area contributed by atoms with E-state index in [0.717, 1.165) is 12.0 Å². The highest BCUT2D eigenvalue weighted by atomic mass is 35.5. The van der Waals surface area contributed by atoms with Gasteiger partial charge in [0.2, 0.25) is 0 Å². The SMILES string of the molecule is CC(Cc1ccc(OCC(=O)O)cc1)NC=C(O)c1cccc(Cl)c1. The van der Waals surface area contributed by atoms with Gasteiger partial charge >= 0.3 is 5.97 Å². The number of aliphatic hydroxyl groups excluding tert-OH is 1. The van der Waals surface area contributed by atoms with Crippen molar-refractivity contribution < 1.29 is 19.7 Å². The maximum Gasteiger partial charge on any atom is 0.341 e. The highest BCUT2D eigenvalue weighted by molar-refractivity contribution is 6.30. The van der Waals surface area contributed by atoms with Gasteiger partial charge in [-0.05, 0) is 43.2 Å². The minimum absolute atomic E-state index is 0.0899. The van der Waals surface area contributed by atoms with Crippen LogP contribution in [0.2, 0.25) is 5.02 Å². The standard InChI is InChI=1S/C19H20ClNO4/c1-13(21-11-18(22)15-3-2-4-16(20)10-15)9-14-5-7-17(8-6-14)25-12-19(23)24/h2-8,10-11,13,21-22H,9,12H2,1H3,(H,23,24). The number of carboxylic acid groups (broad SMARTS) is 1. The van der Waals surface area contributed by atoms with Gasteiger partial charge in [-0.3, -0.25) is 0 Å². The zero-order chi connectivity index (χ0) is 18.2. The average Bonchev–Trinajstić information content (AvgIpc) is 2.59. The van der Waals surface area contributed by atoms with Crippen molar-refractivity contribution in [3.05, 3.63) is 70.9 Å². The number of carboxylic acids is 1. The van der Waals surface area contributed by atoms with Gasteiger partial charge in [0.15, 0.2) is 6.61 Å². The van der Waals surface area contributed by atoms with Gasteiger partial charge in [0.25, 0.3) is 0 Å². The van der Waals surface area contributed by atoms with Gasteiger partial charge in [-0.25, -0.2) is 4.79 Å². The molecule has 2 aromatic rings. The molecule has 5 nitrogen and oxygen atoms in total. The molecule has 132 valence electrons. The summed E-state index contributed by atoms with van der Waals surface area (Å²) >= 11 is 5.91. The molecule has 0 aliphatic rings. The van der Waals surface area contributed by atoms with Crippen LogP contribution < -0.4 is 10.1 Å². The molecule has 0 aliphatic heterocycles. The van der Waals surface area contributed by atoms with Gasteiger partial charge in [0.1, 0.15) is 11.5 Å². The molecule has 6 heteroatoms. The summed E-state index contributed by atoms with van der Waals surface area (Å²) in [6.45, 7) is 1.64. The van der Waals surface area contributed by atoms with Crippen LogP contribution in [0.25, 0.3) is 5.76 Å². The number of carbonyl (C=O) groups is 1. The van der Waals surface area contributed by atoms with E-state index in [9.17, 15) is 9.90 Å². The molecule has 0 aliphatic carbocycles. The van der Waals surface area contributed by atoms with Crippen molar-refractivity contribution in [2.45, 2.75) is 19.4 Å². The summed E-state index contributed by atoms with van der Waals surface area (Å²) in [5.74, 6) is -0.370. The van der Waals surface area contributed by atoms with Gasteiger partial charge in [-0.2, -0.15) is 0 Å². The summed E-state index contributed by atoms with van der Waals surface area (Å²) in [7, 11) is 0. The molecule has 0 radical (unpaired) electrons. The first-order chi connectivity index (χ1) is 11.9. The fourth-order valence-electron chi connectivity index (χ4n) is 2.23. The van der Waals surface area contributed by atoms with Crippen LogP contribution in [0.5, 0.6) is 5.75 Å². The first-order valence-corrected chi connectivity index (χ1v) is 8.16. The number of ether oxygens (including phenoxy) is 1. The Bertz CT molecular complexity index is 743. The summed E-state index contributed by atoms with van der Waals surface area (Å²) in [5, 5.41) is 22.4. The number of benzene rings is 2. The van der Waals surface area contributed by atoms with Crippen molar-refractivity contribution in [3.8, 4) is 5.75 Å². The third kappa shape index (κ3) is 6.39. The van der Waals surface area contributed by atoms with Gasteiger partial charge in [-0.1, -0.05) is 35.9 Å². The minimum atomic E-state index is -1.01. The van der Waals surface area contributed by atoms with E-state index < -0.39 is 5.97 Å². The lowest BCUT2D eigenvalue weighted by atomic mass is 10.1. The van der Waals surface area contributed by atoms with E-state index in [1.807, 2.05) is 19.1 Å². The number of hydrogen-bond acceptors (Lipinski definition) is 4. The number of aliphatic hydroxyl groups is 1. The van der Waals surface area contributed by atoms with E-state index in [1.54, 1.807) is 42.6 Å². The van der Waals surface area contributed by atoms with Crippen LogP contribution in [0.1, 0.15) is 18.1 Å². The number of aliphatic carboxylic acids is 1. The molecule has 0 spiro atoms. The minimum Gasteiger partial charge on any atom is -0.506 e. The predicted molar refractivity (Wildman–Crippen MR) is 97.9 cm³/mol. The van der Waals surface area contributed by atoms with E-state index >= 15 is 0 Å². The molecule has 2 rings (SSSR count). The highest BCUT2D eigenvalue weighted by Gasteiger charge is 2.05. The number of halogens is 1. The zero-order valence-corrected chi connectivity index (χ0v) is 14.5. The lowest BCUT2D eigenvalue weighted by Crippen LogP contribution is -2.23. The molecule has 0 amide bonds. The Kier molecular flexibility index (Phi) is 6.71. The molecule has 3 N–H and O–H groups in total. The average molecular weight is 362 g/mol. The molecule has 0 fully saturated rings. The molecule has 1 atom stereocenters. The van der Waals surface area contributed by atoms with E-state index in [-0.39, 0.29) is 18.4 Å². The van der Waals surface area contributed by atoms with Crippen LogP contribution in [-0.4, -0.2) is 28.8 Å². The Hall–Kier alpha value is -2.66. The summed E-state index contributed by atoms with van der Waals surface area (Å²) in [6, 6.07) is 14.3. The van der Waals surface area contributed by atoms with Crippen molar-refractivity contribution in [1.82, 2.24) is 5.32 Å². The predicted octanol–water partition coefficient (Wildman–Crippen LogP) is 3.88. The number of hydrogen-bond donors (Lipinski definition) is 3. The molecule has 0 bridgehead atoms. The highest BCUT2D eigenvalue weighted by Crippen LogP contribution is 2.17. The molecule has 1 unspecified atom stereocenters. The lowest BCUT2D eigenvalue weighted by Gasteiger charge is -2.13. The summed E-state index contributed by atoms with van der Waals surface area (Å²) in [6.07, 6.45) is 2.29. The maximum atomic E-state index is 10.5. The molecular formula is C19H20ClNO4. The summed E-state index contributed by atoms with van der Waals surface area (Å²) in [4.78, 5) is 10.5. The second kappa shape index (κ2) is 8.99. The Balaban J connectivity index is 1.88. The monoisotopic (exact) mass is 361 g/mol. The summed E-state index contributed by atoms with van der Waals surface area (Å²) in [5.41, 5.74) is 1.71. The van der Waals surface area contributed by atoms with Crippen molar-refractivity contribution >= 4 is 23.3 Å². The quantitative estimate of drug-likeness (QED) is 0.622. The molecule has 0 saturated heterocycles. The van der Waals surface area contributed by atoms with Gasteiger partial charge in [-0.15, -0.1) is 0 Å². The van der Waals surface area contributed by atoms with Crippen molar-refractivity contribution in [2.24, 2.45) is 0 Å². The molecule has 25 heavy (non-hydrogen) atoms. The molecule has 0 heterocycles. The Morgan fingerprint density at radius 1 is 1.24 bits per heavy atom. The van der Waals surface area contributed by atoms with Crippen LogP contribution in [0.4, 0.5) is 0 Å². The van der Waals surface area contributed by atoms with Gasteiger partial charge in [0, 0.05) is 22.8 Å². The summed E-state index contributed by atoms with van der Waals surface area (Å²) < 4.78 is 5.10. The van der Waals surface area contributed by atoms with Crippen LogP contribution in [-0.2, 0) is 11.2 Å². The molecular weight excluding hydrogens is 342 g/mol. The van der Waals surface area contributed by atoms with E-state index in [0.29, 0.717) is 16.3 Å². The number of rotatable bonds is 8. The molecule has 2 aromatic carbocycles. The fourth-order valence-corrected chi connectivity index (χ4v) is 2.42. The van der Waals surface area contributed by atoms with Crippen LogP contribution in [0, 0.1) is 0 Å². The lowest BCUT2D eigenvalue weighted by molar-refractivity contribution is -0.139. The Labute approximate surface area is 151 Å². The van der Waals surface area contributed by atoms with E-state index in [4.69, 9.17) is 21.4 Å². The van der Waals surface area contributed by atoms with Crippen molar-refractivity contribution in [3.63, 3.8) is 0 Å². The zero-order valence-electron chi connectivity index (χ0n) is 13.8. The second-order valence-corrected chi connectivity index (χ2v) is 6.07. The normalized spacial score (nSPS) is 12.5. The maximum absolute atomic E-state index is 10.5. The topological polar surface area (TPSA) is 78.8 Å². The third-order valence-corrected chi connectivity index (χ3v) is 3.69. The van der Waals surface area contributed by atoms with E-state index in [1.165, 1.54) is 0 Å². The number of nitrogens with one attached hydrogen (secondary N) is 1. The van der Waals surface area contributed by atoms with Crippen molar-refractivity contribution in [2.75, 3.05) is 6.61 Å². The molecule has 0 saturated carbocycles. The first-order valence-electron chi connectivity index (χ1n) is 7.78. The Morgan fingerprint density at radius 2 is 1.96 bits per heavy atom. The van der Waals surface area contributed by atoms with Crippen LogP contribution in [0.15, 0.2) is 54.7 Å². The van der Waals surface area contributed by atoms with E-state index in [2.05, 4.69) is 5.32 Å². The first kappa shape index (κ1) is 18.7. The smallest absolute Gasteiger partial charge is 0.341 e. The second-order valence-electron chi connectivity index (χ2n) is 5.64. The van der Waals surface area contributed by atoms with Gasteiger partial charge < -0.3 is 20.3 Å². The van der Waals surface area contributed by atoms with Gasteiger partial charge in [0.05, 0.1) is 0 Å². The van der Waals surface area contributed by atoms with Crippen molar-refractivity contribution in [1.29, 1.82) is 0 Å². The Morgan fingerprint density at radius 3 is 2.60 bits per heavy atom.